The van der Waals surface area contributed by atoms with Crippen LogP contribution in [0.15, 0.2) is 24.5 Å². The second-order valence-corrected chi connectivity index (χ2v) is 2.42. The van der Waals surface area contributed by atoms with Crippen molar-refractivity contribution in [2.75, 3.05) is 6.54 Å². The van der Waals surface area contributed by atoms with Gasteiger partial charge in [-0.25, -0.2) is 0 Å². The summed E-state index contributed by atoms with van der Waals surface area (Å²) < 4.78 is 0. The van der Waals surface area contributed by atoms with E-state index in [9.17, 15) is 0 Å². The number of rotatable bonds is 2. The average molecular weight is 136 g/mol. The van der Waals surface area contributed by atoms with E-state index in [0.717, 1.165) is 0 Å². The van der Waals surface area contributed by atoms with Crippen molar-refractivity contribution in [2.45, 2.75) is 12.8 Å². The van der Waals surface area contributed by atoms with Crippen molar-refractivity contribution in [2.24, 2.45) is 5.73 Å². The molecule has 1 rings (SSSR count). The van der Waals surface area contributed by atoms with Crippen LogP contribution in [0.3, 0.4) is 0 Å². The molecule has 1 heterocycles. The summed E-state index contributed by atoms with van der Waals surface area (Å²) >= 11 is 0. The maximum atomic E-state index is 5.48. The highest BCUT2D eigenvalue weighted by Crippen LogP contribution is 2.10. The highest BCUT2D eigenvalue weighted by Gasteiger charge is 2.00. The van der Waals surface area contributed by atoms with E-state index in [-0.39, 0.29) is 0 Å². The largest absolute Gasteiger partial charge is 0.330 e. The van der Waals surface area contributed by atoms with Gasteiger partial charge < -0.3 is 5.73 Å². The van der Waals surface area contributed by atoms with Gasteiger partial charge in [-0.15, -0.1) is 0 Å². The lowest BCUT2D eigenvalue weighted by Gasteiger charge is -2.05. The van der Waals surface area contributed by atoms with Crippen molar-refractivity contribution < 1.29 is 0 Å². The van der Waals surface area contributed by atoms with Gasteiger partial charge in [-0.1, -0.05) is 13.0 Å². The number of nitrogens with two attached hydrogens (primary N) is 1. The van der Waals surface area contributed by atoms with E-state index in [1.807, 2.05) is 18.3 Å². The van der Waals surface area contributed by atoms with Gasteiger partial charge in [-0.2, -0.15) is 0 Å². The lowest BCUT2D eigenvalue weighted by atomic mass is 10.0. The molecular weight excluding hydrogens is 124 g/mol. The first-order valence-electron chi connectivity index (χ1n) is 3.44. The van der Waals surface area contributed by atoms with Crippen LogP contribution in [0.1, 0.15) is 18.4 Å². The molecule has 0 fully saturated rings. The zero-order valence-corrected chi connectivity index (χ0v) is 6.12. The molecule has 2 nitrogen and oxygen atoms in total. The number of hydrogen-bond acceptors (Lipinski definition) is 2. The maximum absolute atomic E-state index is 5.48. The predicted molar refractivity (Wildman–Crippen MR) is 41.7 cm³/mol. The van der Waals surface area contributed by atoms with E-state index in [1.165, 1.54) is 5.56 Å². The second kappa shape index (κ2) is 3.32. The Labute approximate surface area is 61.1 Å². The van der Waals surface area contributed by atoms with Gasteiger partial charge in [0.25, 0.3) is 0 Å². The quantitative estimate of drug-likeness (QED) is 0.662. The van der Waals surface area contributed by atoms with Gasteiger partial charge >= 0.3 is 0 Å². The summed E-state index contributed by atoms with van der Waals surface area (Å²) in [5.74, 6) is 0.425. The maximum Gasteiger partial charge on any atom is 0.0303 e. The third kappa shape index (κ3) is 1.54. The Morgan fingerprint density at radius 3 is 3.00 bits per heavy atom. The first kappa shape index (κ1) is 7.22. The van der Waals surface area contributed by atoms with Crippen LogP contribution in [0.2, 0.25) is 0 Å². The molecule has 2 N–H and O–H groups in total. The fourth-order valence-corrected chi connectivity index (χ4v) is 0.804. The third-order valence-corrected chi connectivity index (χ3v) is 1.61. The molecule has 54 valence electrons. The molecule has 0 aliphatic rings. The molecule has 0 aliphatic carbocycles. The Bertz CT molecular complexity index is 184. The van der Waals surface area contributed by atoms with Gasteiger partial charge in [0.1, 0.15) is 0 Å². The molecule has 0 unspecified atom stereocenters. The van der Waals surface area contributed by atoms with Crippen LogP contribution in [0.5, 0.6) is 0 Å². The lowest BCUT2D eigenvalue weighted by Crippen LogP contribution is -2.08. The Kier molecular flexibility index (Phi) is 2.40. The molecule has 10 heavy (non-hydrogen) atoms. The Hall–Kier alpha value is -0.890. The highest BCUT2D eigenvalue weighted by molar-refractivity contribution is 5.13. The minimum Gasteiger partial charge on any atom is -0.330 e. The Morgan fingerprint density at radius 2 is 2.50 bits per heavy atom. The number of nitrogens with zero attached hydrogens (tertiary/aromatic N) is 1. The summed E-state index contributed by atoms with van der Waals surface area (Å²) in [5, 5.41) is 0. The molecule has 0 aromatic carbocycles. The van der Waals surface area contributed by atoms with Crippen molar-refractivity contribution in [1.82, 2.24) is 4.98 Å². The Morgan fingerprint density at radius 1 is 1.70 bits per heavy atom. The minimum absolute atomic E-state index is 0.425. The average Bonchev–Trinajstić information content (AvgIpc) is 2.05. The van der Waals surface area contributed by atoms with E-state index in [2.05, 4.69) is 11.9 Å². The summed E-state index contributed by atoms with van der Waals surface area (Å²) in [6.45, 7) is 2.78. The predicted octanol–water partition coefficient (Wildman–Crippen LogP) is 1.14. The van der Waals surface area contributed by atoms with Crippen LogP contribution in [0.4, 0.5) is 0 Å². The van der Waals surface area contributed by atoms with E-state index in [0.29, 0.717) is 12.5 Å². The molecule has 0 amide bonds. The van der Waals surface area contributed by atoms with Crippen LogP contribution < -0.4 is 5.73 Å². The van der Waals surface area contributed by atoms with Crippen molar-refractivity contribution in [3.05, 3.63) is 30.1 Å². The van der Waals surface area contributed by atoms with E-state index >= 15 is 0 Å². The summed E-state index contributed by atoms with van der Waals surface area (Å²) in [7, 11) is 0. The Balaban J connectivity index is 2.75. The lowest BCUT2D eigenvalue weighted by molar-refractivity contribution is 0.769. The number of aromatic nitrogens is 1. The van der Waals surface area contributed by atoms with Crippen LogP contribution in [0, 0.1) is 0 Å². The van der Waals surface area contributed by atoms with Crippen molar-refractivity contribution in [1.29, 1.82) is 0 Å². The fraction of sp³-hybridized carbons (Fsp3) is 0.375. The monoisotopic (exact) mass is 136 g/mol. The van der Waals surface area contributed by atoms with Gasteiger partial charge in [0.15, 0.2) is 0 Å². The SMILES string of the molecule is C[C@H](CN)c1cccnc1. The topological polar surface area (TPSA) is 38.9 Å². The first-order valence-corrected chi connectivity index (χ1v) is 3.44. The standard InChI is InChI=1S/C8H12N2/c1-7(5-9)8-3-2-4-10-6-8/h2-4,6-7H,5,9H2,1H3/t7-/m1/s1. The first-order chi connectivity index (χ1) is 4.84. The zero-order chi connectivity index (χ0) is 7.40. The minimum atomic E-state index is 0.425. The van der Waals surface area contributed by atoms with Gasteiger partial charge in [0.05, 0.1) is 0 Å². The molecule has 0 bridgehead atoms. The highest BCUT2D eigenvalue weighted by atomic mass is 14.6. The number of pyridine rings is 1. The van der Waals surface area contributed by atoms with Gasteiger partial charge in [-0.3, -0.25) is 4.98 Å². The molecule has 0 saturated heterocycles. The van der Waals surface area contributed by atoms with Gasteiger partial charge in [0.2, 0.25) is 0 Å². The van der Waals surface area contributed by atoms with E-state index < -0.39 is 0 Å². The molecule has 1 aromatic rings. The molecule has 0 aliphatic heterocycles. The van der Waals surface area contributed by atoms with Crippen molar-refractivity contribution in [3.63, 3.8) is 0 Å². The van der Waals surface area contributed by atoms with Crippen LogP contribution in [-0.4, -0.2) is 11.5 Å². The van der Waals surface area contributed by atoms with Crippen LogP contribution in [0.25, 0.3) is 0 Å². The smallest absolute Gasteiger partial charge is 0.0303 e. The molecule has 1 atom stereocenters. The summed E-state index contributed by atoms with van der Waals surface area (Å²) in [6, 6.07) is 3.98. The molecular formula is C8H12N2. The van der Waals surface area contributed by atoms with E-state index in [1.54, 1.807) is 6.20 Å². The molecule has 2 heteroatoms. The van der Waals surface area contributed by atoms with E-state index in [4.69, 9.17) is 5.73 Å². The fourth-order valence-electron chi connectivity index (χ4n) is 0.804. The molecule has 0 radical (unpaired) electrons. The number of hydrogen-bond donors (Lipinski definition) is 1. The second-order valence-electron chi connectivity index (χ2n) is 2.42. The third-order valence-electron chi connectivity index (χ3n) is 1.61. The summed E-state index contributed by atoms with van der Waals surface area (Å²) in [4.78, 5) is 4.00. The molecule has 0 saturated carbocycles. The van der Waals surface area contributed by atoms with Crippen molar-refractivity contribution in [3.8, 4) is 0 Å². The summed E-state index contributed by atoms with van der Waals surface area (Å²) in [6.07, 6.45) is 3.63. The summed E-state index contributed by atoms with van der Waals surface area (Å²) in [5.41, 5.74) is 6.69. The van der Waals surface area contributed by atoms with Gasteiger partial charge in [-0.05, 0) is 24.1 Å². The zero-order valence-electron chi connectivity index (χ0n) is 6.12. The normalized spacial score (nSPS) is 13.0. The van der Waals surface area contributed by atoms with Crippen LogP contribution in [-0.2, 0) is 0 Å². The molecule has 1 aromatic heterocycles. The van der Waals surface area contributed by atoms with Gasteiger partial charge in [0, 0.05) is 12.4 Å². The van der Waals surface area contributed by atoms with Crippen molar-refractivity contribution >= 4 is 0 Å². The molecule has 0 spiro atoms. The van der Waals surface area contributed by atoms with Crippen LogP contribution >= 0.6 is 0 Å².